The van der Waals surface area contributed by atoms with Gasteiger partial charge in [0.05, 0.1) is 6.20 Å². The first-order valence-corrected chi connectivity index (χ1v) is 7.49. The molecule has 106 valence electrons. The molecule has 1 aliphatic rings. The van der Waals surface area contributed by atoms with E-state index in [2.05, 4.69) is 28.9 Å². The van der Waals surface area contributed by atoms with Gasteiger partial charge in [0.25, 0.3) is 0 Å². The Hall–Kier alpha value is -1.16. The molecule has 1 heterocycles. The number of aromatic nitrogens is 2. The van der Waals surface area contributed by atoms with Gasteiger partial charge < -0.3 is 10.6 Å². The third kappa shape index (κ3) is 3.66. The summed E-state index contributed by atoms with van der Waals surface area (Å²) in [5, 5.41) is 8.43. The molecule has 4 heteroatoms. The number of rotatable bonds is 6. The molecule has 0 atom stereocenters. The maximum Gasteiger partial charge on any atom is 0.156 e. The summed E-state index contributed by atoms with van der Waals surface area (Å²) in [6.07, 6.45) is 8.15. The van der Waals surface area contributed by atoms with E-state index in [1.54, 1.807) is 6.20 Å². The fourth-order valence-electron chi connectivity index (χ4n) is 2.83. The smallest absolute Gasteiger partial charge is 0.156 e. The Bertz CT molecular complexity index is 385. The minimum Gasteiger partial charge on any atom is -0.352 e. The average molecular weight is 262 g/mol. The predicted octanol–water partition coefficient (Wildman–Crippen LogP) is 2.73. The molecule has 0 bridgehead atoms. The summed E-state index contributed by atoms with van der Waals surface area (Å²) >= 11 is 0. The Morgan fingerprint density at radius 2 is 2.11 bits per heavy atom. The van der Waals surface area contributed by atoms with Gasteiger partial charge >= 0.3 is 0 Å². The fraction of sp³-hybridized carbons (Fsp3) is 0.733. The summed E-state index contributed by atoms with van der Waals surface area (Å²) in [6.45, 7) is 6.14. The number of hydrogen-bond acceptors (Lipinski definition) is 4. The molecule has 0 aliphatic heterocycles. The minimum atomic E-state index is 0.537. The Balaban J connectivity index is 2.19. The molecule has 0 unspecified atom stereocenters. The van der Waals surface area contributed by atoms with Crippen molar-refractivity contribution < 1.29 is 0 Å². The fourth-order valence-corrected chi connectivity index (χ4v) is 2.83. The SMILES string of the molecule is CC(C)CCN(c1nnccc1CN)C1CCCC1. The van der Waals surface area contributed by atoms with Crippen LogP contribution >= 0.6 is 0 Å². The number of nitrogens with zero attached hydrogens (tertiary/aromatic N) is 3. The largest absolute Gasteiger partial charge is 0.352 e. The molecule has 0 spiro atoms. The van der Waals surface area contributed by atoms with E-state index in [0.717, 1.165) is 17.9 Å². The van der Waals surface area contributed by atoms with Gasteiger partial charge in [-0.05, 0) is 31.2 Å². The molecule has 0 radical (unpaired) electrons. The zero-order chi connectivity index (χ0) is 13.7. The Labute approximate surface area is 116 Å². The van der Waals surface area contributed by atoms with Crippen molar-refractivity contribution in [3.8, 4) is 0 Å². The molecule has 4 nitrogen and oxygen atoms in total. The number of nitrogens with two attached hydrogens (primary N) is 1. The summed E-state index contributed by atoms with van der Waals surface area (Å²) in [4.78, 5) is 2.46. The van der Waals surface area contributed by atoms with E-state index in [0.29, 0.717) is 18.5 Å². The van der Waals surface area contributed by atoms with Gasteiger partial charge in [0.2, 0.25) is 0 Å². The maximum absolute atomic E-state index is 5.85. The topological polar surface area (TPSA) is 55.0 Å². The normalized spacial score (nSPS) is 16.2. The van der Waals surface area contributed by atoms with E-state index in [-0.39, 0.29) is 0 Å². The van der Waals surface area contributed by atoms with Crippen molar-refractivity contribution in [1.82, 2.24) is 10.2 Å². The second kappa shape index (κ2) is 6.85. The van der Waals surface area contributed by atoms with E-state index in [1.807, 2.05) is 6.07 Å². The van der Waals surface area contributed by atoms with E-state index in [4.69, 9.17) is 5.73 Å². The van der Waals surface area contributed by atoms with E-state index in [1.165, 1.54) is 32.1 Å². The molecule has 1 aliphatic carbocycles. The van der Waals surface area contributed by atoms with Crippen LogP contribution in [0.5, 0.6) is 0 Å². The van der Waals surface area contributed by atoms with Gasteiger partial charge in [0.15, 0.2) is 5.82 Å². The summed E-state index contributed by atoms with van der Waals surface area (Å²) in [5.74, 6) is 1.72. The molecule has 1 aromatic rings. The lowest BCUT2D eigenvalue weighted by Gasteiger charge is -2.31. The van der Waals surface area contributed by atoms with Gasteiger partial charge in [-0.2, -0.15) is 5.10 Å². The van der Waals surface area contributed by atoms with Crippen molar-refractivity contribution in [1.29, 1.82) is 0 Å². The highest BCUT2D eigenvalue weighted by molar-refractivity contribution is 5.46. The van der Waals surface area contributed by atoms with Crippen LogP contribution in [-0.4, -0.2) is 22.8 Å². The molecule has 0 saturated heterocycles. The van der Waals surface area contributed by atoms with Gasteiger partial charge in [-0.15, -0.1) is 5.10 Å². The third-order valence-corrected chi connectivity index (χ3v) is 3.99. The van der Waals surface area contributed by atoms with E-state index < -0.39 is 0 Å². The molecule has 2 rings (SSSR count). The van der Waals surface area contributed by atoms with Gasteiger partial charge in [0.1, 0.15) is 0 Å². The molecule has 0 aromatic carbocycles. The highest BCUT2D eigenvalue weighted by Crippen LogP contribution is 2.29. The predicted molar refractivity (Wildman–Crippen MR) is 79.0 cm³/mol. The number of anilines is 1. The van der Waals surface area contributed by atoms with Crippen LogP contribution < -0.4 is 10.6 Å². The van der Waals surface area contributed by atoms with Crippen molar-refractivity contribution in [3.63, 3.8) is 0 Å². The summed E-state index contributed by atoms with van der Waals surface area (Å²) in [5.41, 5.74) is 6.96. The van der Waals surface area contributed by atoms with Gasteiger partial charge in [-0.1, -0.05) is 26.7 Å². The van der Waals surface area contributed by atoms with Crippen LogP contribution in [0, 0.1) is 5.92 Å². The highest BCUT2D eigenvalue weighted by Gasteiger charge is 2.25. The first-order valence-electron chi connectivity index (χ1n) is 7.49. The third-order valence-electron chi connectivity index (χ3n) is 3.99. The van der Waals surface area contributed by atoms with Crippen molar-refractivity contribution in [2.45, 2.75) is 58.5 Å². The number of hydrogen-bond donors (Lipinski definition) is 1. The van der Waals surface area contributed by atoms with Gasteiger partial charge in [-0.25, -0.2) is 0 Å². The van der Waals surface area contributed by atoms with Crippen LogP contribution in [0.1, 0.15) is 51.5 Å². The molecular formula is C15H26N4. The average Bonchev–Trinajstić information content (AvgIpc) is 2.93. The summed E-state index contributed by atoms with van der Waals surface area (Å²) in [6, 6.07) is 2.63. The summed E-state index contributed by atoms with van der Waals surface area (Å²) < 4.78 is 0. The van der Waals surface area contributed by atoms with Crippen molar-refractivity contribution in [3.05, 3.63) is 17.8 Å². The Morgan fingerprint density at radius 1 is 1.37 bits per heavy atom. The quantitative estimate of drug-likeness (QED) is 0.856. The second-order valence-electron chi connectivity index (χ2n) is 5.90. The zero-order valence-electron chi connectivity index (χ0n) is 12.2. The van der Waals surface area contributed by atoms with Crippen LogP contribution in [-0.2, 0) is 6.54 Å². The molecule has 1 aromatic heterocycles. The highest BCUT2D eigenvalue weighted by atomic mass is 15.3. The standard InChI is InChI=1S/C15H26N4/c1-12(2)8-10-19(14-5-3-4-6-14)15-13(11-16)7-9-17-18-15/h7,9,12,14H,3-6,8,10-11,16H2,1-2H3. The molecule has 1 fully saturated rings. The van der Waals surface area contributed by atoms with Crippen LogP contribution in [0.3, 0.4) is 0 Å². The van der Waals surface area contributed by atoms with Crippen LogP contribution in [0.15, 0.2) is 12.3 Å². The van der Waals surface area contributed by atoms with E-state index >= 15 is 0 Å². The molecule has 2 N–H and O–H groups in total. The lowest BCUT2D eigenvalue weighted by molar-refractivity contribution is 0.522. The lowest BCUT2D eigenvalue weighted by atomic mass is 10.1. The van der Waals surface area contributed by atoms with E-state index in [9.17, 15) is 0 Å². The molecular weight excluding hydrogens is 236 g/mol. The molecule has 1 saturated carbocycles. The summed E-state index contributed by atoms with van der Waals surface area (Å²) in [7, 11) is 0. The van der Waals surface area contributed by atoms with Crippen molar-refractivity contribution in [2.75, 3.05) is 11.4 Å². The van der Waals surface area contributed by atoms with Crippen molar-refractivity contribution >= 4 is 5.82 Å². The molecule has 19 heavy (non-hydrogen) atoms. The van der Waals surface area contributed by atoms with Crippen LogP contribution in [0.25, 0.3) is 0 Å². The Kier molecular flexibility index (Phi) is 5.14. The monoisotopic (exact) mass is 262 g/mol. The maximum atomic E-state index is 5.85. The van der Waals surface area contributed by atoms with Crippen LogP contribution in [0.2, 0.25) is 0 Å². The first kappa shape index (κ1) is 14.3. The zero-order valence-corrected chi connectivity index (χ0v) is 12.2. The lowest BCUT2D eigenvalue weighted by Crippen LogP contribution is -2.36. The second-order valence-corrected chi connectivity index (χ2v) is 5.90. The molecule has 0 amide bonds. The Morgan fingerprint density at radius 3 is 2.74 bits per heavy atom. The van der Waals surface area contributed by atoms with Crippen molar-refractivity contribution in [2.24, 2.45) is 11.7 Å². The van der Waals surface area contributed by atoms with Gasteiger partial charge in [-0.3, -0.25) is 0 Å². The minimum absolute atomic E-state index is 0.537. The first-order chi connectivity index (χ1) is 9.22. The van der Waals surface area contributed by atoms with Crippen LogP contribution in [0.4, 0.5) is 5.82 Å². The van der Waals surface area contributed by atoms with Gasteiger partial charge in [0, 0.05) is 24.7 Å².